The molecule has 2 heterocycles. The number of carbonyl (C=O) groups excluding carboxylic acids is 1. The van der Waals surface area contributed by atoms with Gasteiger partial charge in [0.05, 0.1) is 5.56 Å². The highest BCUT2D eigenvalue weighted by Crippen LogP contribution is 2.31. The number of hydrogen-bond donors (Lipinski definition) is 1. The van der Waals surface area contributed by atoms with Gasteiger partial charge in [0.25, 0.3) is 0 Å². The van der Waals surface area contributed by atoms with E-state index < -0.39 is 0 Å². The van der Waals surface area contributed by atoms with E-state index in [1.165, 1.54) is 22.4 Å². The molecule has 0 aliphatic carbocycles. The van der Waals surface area contributed by atoms with Crippen LogP contribution in [0.1, 0.15) is 21.6 Å². The molecular formula is C16H21ClN2O2S. The van der Waals surface area contributed by atoms with Gasteiger partial charge in [-0.15, -0.1) is 12.4 Å². The van der Waals surface area contributed by atoms with Gasteiger partial charge >= 0.3 is 5.97 Å². The summed E-state index contributed by atoms with van der Waals surface area (Å²) in [7, 11) is 3.92. The molecule has 0 bridgehead atoms. The van der Waals surface area contributed by atoms with Crippen molar-refractivity contribution in [2.24, 2.45) is 0 Å². The molecule has 1 aromatic carbocycles. The van der Waals surface area contributed by atoms with Gasteiger partial charge in [-0.25, -0.2) is 4.79 Å². The summed E-state index contributed by atoms with van der Waals surface area (Å²) in [4.78, 5) is 17.6. The van der Waals surface area contributed by atoms with Crippen LogP contribution in [-0.2, 0) is 16.9 Å². The summed E-state index contributed by atoms with van der Waals surface area (Å²) in [5.41, 5.74) is 4.43. The molecule has 0 saturated heterocycles. The SMILES string of the molecule is CN(C)CCOC(=O)c1ccc2[nH]c3c(c2c1)CSCC3.Cl. The molecule has 0 unspecified atom stereocenters. The summed E-state index contributed by atoms with van der Waals surface area (Å²) >= 11 is 1.95. The number of carbonyl (C=O) groups is 1. The van der Waals surface area contributed by atoms with Gasteiger partial charge in [-0.2, -0.15) is 11.8 Å². The first-order valence-electron chi connectivity index (χ1n) is 7.18. The molecule has 22 heavy (non-hydrogen) atoms. The van der Waals surface area contributed by atoms with E-state index in [1.807, 2.05) is 49.0 Å². The molecule has 1 N–H and O–H groups in total. The summed E-state index contributed by atoms with van der Waals surface area (Å²) in [5.74, 6) is 1.95. The predicted octanol–water partition coefficient (Wildman–Crippen LogP) is 3.10. The Balaban J connectivity index is 0.00000176. The highest BCUT2D eigenvalue weighted by Gasteiger charge is 2.17. The van der Waals surface area contributed by atoms with E-state index in [9.17, 15) is 4.79 Å². The van der Waals surface area contributed by atoms with Gasteiger partial charge in [0.15, 0.2) is 0 Å². The van der Waals surface area contributed by atoms with E-state index in [-0.39, 0.29) is 18.4 Å². The number of esters is 1. The maximum Gasteiger partial charge on any atom is 0.338 e. The Morgan fingerprint density at radius 1 is 1.41 bits per heavy atom. The molecule has 1 aliphatic rings. The van der Waals surface area contributed by atoms with Crippen LogP contribution in [0, 0.1) is 0 Å². The van der Waals surface area contributed by atoms with Gasteiger partial charge in [-0.1, -0.05) is 0 Å². The molecule has 0 radical (unpaired) electrons. The average Bonchev–Trinajstić information content (AvgIpc) is 2.84. The molecule has 0 atom stereocenters. The Bertz CT molecular complexity index is 669. The average molecular weight is 341 g/mol. The third-order valence-electron chi connectivity index (χ3n) is 3.74. The van der Waals surface area contributed by atoms with Crippen molar-refractivity contribution in [3.63, 3.8) is 0 Å². The summed E-state index contributed by atoms with van der Waals surface area (Å²) in [6.07, 6.45) is 1.08. The Kier molecular flexibility index (Phi) is 5.78. The molecule has 1 aliphatic heterocycles. The third-order valence-corrected chi connectivity index (χ3v) is 4.73. The van der Waals surface area contributed by atoms with Gasteiger partial charge < -0.3 is 14.6 Å². The van der Waals surface area contributed by atoms with Crippen LogP contribution in [0.2, 0.25) is 0 Å². The van der Waals surface area contributed by atoms with Crippen LogP contribution in [0.5, 0.6) is 0 Å². The fraction of sp³-hybridized carbons (Fsp3) is 0.438. The number of halogens is 1. The van der Waals surface area contributed by atoms with Crippen LogP contribution in [-0.4, -0.2) is 48.9 Å². The fourth-order valence-electron chi connectivity index (χ4n) is 2.56. The molecule has 0 amide bonds. The van der Waals surface area contributed by atoms with Crippen LogP contribution in [0.25, 0.3) is 10.9 Å². The van der Waals surface area contributed by atoms with Gasteiger partial charge in [-0.05, 0) is 50.0 Å². The Labute approximate surface area is 141 Å². The van der Waals surface area contributed by atoms with Gasteiger partial charge in [-0.3, -0.25) is 0 Å². The van der Waals surface area contributed by atoms with Crippen molar-refractivity contribution in [2.75, 3.05) is 33.0 Å². The summed E-state index contributed by atoms with van der Waals surface area (Å²) in [5, 5.41) is 1.17. The second-order valence-corrected chi connectivity index (χ2v) is 6.69. The highest BCUT2D eigenvalue weighted by molar-refractivity contribution is 7.98. The van der Waals surface area contributed by atoms with Gasteiger partial charge in [0, 0.05) is 28.9 Å². The molecule has 120 valence electrons. The quantitative estimate of drug-likeness (QED) is 0.869. The van der Waals surface area contributed by atoms with Crippen molar-refractivity contribution in [1.29, 1.82) is 0 Å². The Hall–Kier alpha value is -1.17. The lowest BCUT2D eigenvalue weighted by Crippen LogP contribution is -2.20. The number of aromatic nitrogens is 1. The first-order valence-corrected chi connectivity index (χ1v) is 8.33. The number of H-pyrrole nitrogens is 1. The van der Waals surface area contributed by atoms with Crippen molar-refractivity contribution in [2.45, 2.75) is 12.2 Å². The Morgan fingerprint density at radius 3 is 3.00 bits per heavy atom. The van der Waals surface area contributed by atoms with Crippen molar-refractivity contribution in [1.82, 2.24) is 9.88 Å². The number of ether oxygens (including phenoxy) is 1. The molecule has 6 heteroatoms. The summed E-state index contributed by atoms with van der Waals surface area (Å²) < 4.78 is 5.31. The summed E-state index contributed by atoms with van der Waals surface area (Å²) in [6, 6.07) is 5.80. The molecule has 3 rings (SSSR count). The molecule has 0 fully saturated rings. The first kappa shape index (κ1) is 17.2. The molecule has 1 aromatic heterocycles. The van der Waals surface area contributed by atoms with E-state index in [0.717, 1.165) is 24.2 Å². The number of likely N-dealkylation sites (N-methyl/N-ethyl adjacent to an activating group) is 1. The second-order valence-electron chi connectivity index (χ2n) is 5.58. The predicted molar refractivity (Wildman–Crippen MR) is 94.2 cm³/mol. The molecule has 2 aromatic rings. The number of benzene rings is 1. The van der Waals surface area contributed by atoms with Crippen LogP contribution in [0.15, 0.2) is 18.2 Å². The standard InChI is InChI=1S/C16H20N2O2S.ClH/c1-18(2)6-7-20-16(19)11-3-4-14-12(9-11)13-10-21-8-5-15(13)17-14;/h3-4,9,17H,5-8,10H2,1-2H3;1H. The van der Waals surface area contributed by atoms with Crippen LogP contribution in [0.3, 0.4) is 0 Å². The molecule has 0 spiro atoms. The largest absolute Gasteiger partial charge is 0.461 e. The first-order chi connectivity index (χ1) is 10.1. The highest BCUT2D eigenvalue weighted by atomic mass is 35.5. The fourth-order valence-corrected chi connectivity index (χ4v) is 3.59. The number of aryl methyl sites for hydroxylation is 1. The number of rotatable bonds is 4. The van der Waals surface area contributed by atoms with Crippen LogP contribution >= 0.6 is 24.2 Å². The van der Waals surface area contributed by atoms with Crippen LogP contribution in [0.4, 0.5) is 0 Å². The smallest absolute Gasteiger partial charge is 0.338 e. The van der Waals surface area contributed by atoms with Crippen molar-refractivity contribution in [3.8, 4) is 0 Å². The molecule has 4 nitrogen and oxygen atoms in total. The van der Waals surface area contributed by atoms with Gasteiger partial charge in [0.1, 0.15) is 6.61 Å². The zero-order valence-corrected chi connectivity index (χ0v) is 14.5. The minimum absolute atomic E-state index is 0. The number of aromatic amines is 1. The monoisotopic (exact) mass is 340 g/mol. The maximum absolute atomic E-state index is 12.1. The maximum atomic E-state index is 12.1. The van der Waals surface area contributed by atoms with Gasteiger partial charge in [0.2, 0.25) is 0 Å². The second kappa shape index (κ2) is 7.40. The number of nitrogens with one attached hydrogen (secondary N) is 1. The lowest BCUT2D eigenvalue weighted by atomic mass is 10.1. The van der Waals surface area contributed by atoms with Crippen molar-refractivity contribution < 1.29 is 9.53 Å². The van der Waals surface area contributed by atoms with E-state index in [1.54, 1.807) is 0 Å². The van der Waals surface area contributed by atoms with Crippen LogP contribution < -0.4 is 0 Å². The van der Waals surface area contributed by atoms with Crippen molar-refractivity contribution in [3.05, 3.63) is 35.0 Å². The normalized spacial score (nSPS) is 13.8. The molecule has 0 saturated carbocycles. The lowest BCUT2D eigenvalue weighted by Gasteiger charge is -2.11. The molecular weight excluding hydrogens is 320 g/mol. The lowest BCUT2D eigenvalue weighted by molar-refractivity contribution is 0.0482. The number of thioether (sulfide) groups is 1. The van der Waals surface area contributed by atoms with E-state index in [0.29, 0.717) is 12.2 Å². The summed E-state index contributed by atoms with van der Waals surface area (Å²) in [6.45, 7) is 1.16. The zero-order valence-electron chi connectivity index (χ0n) is 12.8. The number of nitrogens with zero attached hydrogens (tertiary/aromatic N) is 1. The minimum Gasteiger partial charge on any atom is -0.461 e. The number of fused-ring (bicyclic) bond motifs is 3. The third kappa shape index (κ3) is 3.59. The van der Waals surface area contributed by atoms with E-state index in [4.69, 9.17) is 4.74 Å². The van der Waals surface area contributed by atoms with E-state index in [2.05, 4.69) is 4.98 Å². The minimum atomic E-state index is -0.239. The number of hydrogen-bond acceptors (Lipinski definition) is 4. The zero-order chi connectivity index (χ0) is 14.8. The Morgan fingerprint density at radius 2 is 2.23 bits per heavy atom. The van der Waals surface area contributed by atoms with Crippen molar-refractivity contribution >= 4 is 41.0 Å². The van der Waals surface area contributed by atoms with E-state index >= 15 is 0 Å². The topological polar surface area (TPSA) is 45.3 Å².